The minimum atomic E-state index is 0.0962. The minimum Gasteiger partial charge on any atom is -0.330 e. The average molecular weight is 341 g/mol. The average Bonchev–Trinajstić information content (AvgIpc) is 3.03. The minimum absolute atomic E-state index is 0.0962. The topological polar surface area (TPSA) is 54.9 Å². The highest BCUT2D eigenvalue weighted by molar-refractivity contribution is 8.01. The van der Waals surface area contributed by atoms with E-state index in [1.807, 2.05) is 61.5 Å². The van der Waals surface area contributed by atoms with E-state index in [1.54, 1.807) is 0 Å². The second-order valence-electron chi connectivity index (χ2n) is 4.94. The monoisotopic (exact) mass is 341 g/mol. The molecule has 0 radical (unpaired) electrons. The van der Waals surface area contributed by atoms with Crippen LogP contribution in [0, 0.1) is 6.92 Å². The van der Waals surface area contributed by atoms with E-state index in [1.165, 1.54) is 28.7 Å². The fourth-order valence-electron chi connectivity index (χ4n) is 1.91. The molecule has 1 aromatic heterocycles. The van der Waals surface area contributed by atoms with Crippen molar-refractivity contribution < 1.29 is 4.79 Å². The number of nitrogens with zero attached hydrogens (tertiary/aromatic N) is 2. The lowest BCUT2D eigenvalue weighted by atomic mass is 10.2. The predicted molar refractivity (Wildman–Crippen MR) is 95.9 cm³/mol. The highest BCUT2D eigenvalue weighted by Crippen LogP contribution is 2.28. The first-order chi connectivity index (χ1) is 11.2. The third-order valence-corrected chi connectivity index (χ3v) is 5.10. The van der Waals surface area contributed by atoms with E-state index in [0.717, 1.165) is 20.7 Å². The van der Waals surface area contributed by atoms with Crippen molar-refractivity contribution in [2.24, 2.45) is 0 Å². The molecule has 1 heterocycles. The Kier molecular flexibility index (Phi) is 5.05. The van der Waals surface area contributed by atoms with E-state index in [-0.39, 0.29) is 5.78 Å². The number of aryl methyl sites for hydroxylation is 1. The second-order valence-corrected chi connectivity index (χ2v) is 7.14. The molecule has 0 aliphatic rings. The van der Waals surface area contributed by atoms with Crippen LogP contribution in [0.4, 0.5) is 10.8 Å². The molecule has 3 rings (SSSR count). The van der Waals surface area contributed by atoms with E-state index < -0.39 is 0 Å². The molecule has 0 aliphatic carbocycles. The van der Waals surface area contributed by atoms with Gasteiger partial charge in [0.15, 0.2) is 10.1 Å². The Morgan fingerprint density at radius 2 is 1.83 bits per heavy atom. The number of aromatic nitrogens is 2. The number of nitrogens with one attached hydrogen (secondary N) is 1. The van der Waals surface area contributed by atoms with E-state index in [2.05, 4.69) is 15.5 Å². The van der Waals surface area contributed by atoms with Crippen molar-refractivity contribution >= 4 is 39.7 Å². The largest absolute Gasteiger partial charge is 0.330 e. The van der Waals surface area contributed by atoms with Crippen LogP contribution in [0.25, 0.3) is 0 Å². The Balaban J connectivity index is 1.57. The maximum absolute atomic E-state index is 12.1. The standard InChI is InChI=1S/C17H15N3OS2/c1-12-7-9-14(10-8-12)18-16-19-20-17(23-16)22-11-15(21)13-5-3-2-4-6-13/h2-10H,11H2,1H3,(H,18,19). The quantitative estimate of drug-likeness (QED) is 0.526. The first-order valence-electron chi connectivity index (χ1n) is 7.09. The van der Waals surface area contributed by atoms with Crippen LogP contribution in [0.2, 0.25) is 0 Å². The summed E-state index contributed by atoms with van der Waals surface area (Å²) in [6.45, 7) is 2.05. The van der Waals surface area contributed by atoms with Crippen LogP contribution in [0.5, 0.6) is 0 Å². The van der Waals surface area contributed by atoms with Crippen molar-refractivity contribution in [1.29, 1.82) is 0 Å². The summed E-state index contributed by atoms with van der Waals surface area (Å²) in [7, 11) is 0. The fourth-order valence-corrected chi connectivity index (χ4v) is 3.58. The van der Waals surface area contributed by atoms with Gasteiger partial charge in [-0.3, -0.25) is 4.79 Å². The summed E-state index contributed by atoms with van der Waals surface area (Å²) in [5.41, 5.74) is 2.91. The first-order valence-corrected chi connectivity index (χ1v) is 8.89. The van der Waals surface area contributed by atoms with E-state index in [0.29, 0.717) is 5.75 Å². The number of Topliss-reactive ketones (excluding diaryl/α,β-unsaturated/α-hetero) is 1. The highest BCUT2D eigenvalue weighted by Gasteiger charge is 2.10. The molecule has 0 bridgehead atoms. The molecular formula is C17H15N3OS2. The maximum atomic E-state index is 12.1. The smallest absolute Gasteiger partial charge is 0.210 e. The molecule has 3 aromatic rings. The van der Waals surface area contributed by atoms with Crippen molar-refractivity contribution in [3.8, 4) is 0 Å². The molecule has 23 heavy (non-hydrogen) atoms. The van der Waals surface area contributed by atoms with Crippen LogP contribution >= 0.6 is 23.1 Å². The number of ketones is 1. The van der Waals surface area contributed by atoms with Crippen molar-refractivity contribution in [1.82, 2.24) is 10.2 Å². The number of carbonyl (C=O) groups is 1. The van der Waals surface area contributed by atoms with Crippen molar-refractivity contribution in [3.63, 3.8) is 0 Å². The molecule has 1 N–H and O–H groups in total. The lowest BCUT2D eigenvalue weighted by molar-refractivity contribution is 0.102. The Bertz CT molecular complexity index is 785. The molecule has 0 spiro atoms. The Morgan fingerprint density at radius 1 is 1.09 bits per heavy atom. The summed E-state index contributed by atoms with van der Waals surface area (Å²) in [4.78, 5) is 12.1. The summed E-state index contributed by atoms with van der Waals surface area (Å²) in [5.74, 6) is 0.460. The van der Waals surface area contributed by atoms with Crippen LogP contribution in [0.3, 0.4) is 0 Å². The maximum Gasteiger partial charge on any atom is 0.210 e. The number of benzene rings is 2. The van der Waals surface area contributed by atoms with Gasteiger partial charge in [0.2, 0.25) is 5.13 Å². The molecule has 0 amide bonds. The normalized spacial score (nSPS) is 10.5. The zero-order chi connectivity index (χ0) is 16.1. The third-order valence-electron chi connectivity index (χ3n) is 3.13. The first kappa shape index (κ1) is 15.7. The van der Waals surface area contributed by atoms with Crippen molar-refractivity contribution in [3.05, 3.63) is 65.7 Å². The van der Waals surface area contributed by atoms with Gasteiger partial charge in [-0.15, -0.1) is 10.2 Å². The molecule has 0 saturated heterocycles. The van der Waals surface area contributed by atoms with E-state index >= 15 is 0 Å². The van der Waals surface area contributed by atoms with Gasteiger partial charge in [-0.05, 0) is 19.1 Å². The summed E-state index contributed by atoms with van der Waals surface area (Å²) in [5, 5.41) is 12.2. The lowest BCUT2D eigenvalue weighted by Crippen LogP contribution is -2.01. The van der Waals surface area contributed by atoms with Gasteiger partial charge >= 0.3 is 0 Å². The van der Waals surface area contributed by atoms with Crippen LogP contribution in [0.1, 0.15) is 15.9 Å². The number of hydrogen-bond acceptors (Lipinski definition) is 6. The van der Waals surface area contributed by atoms with Gasteiger partial charge in [-0.1, -0.05) is 71.1 Å². The van der Waals surface area contributed by atoms with Crippen LogP contribution in [-0.2, 0) is 0 Å². The Morgan fingerprint density at radius 3 is 2.57 bits per heavy atom. The lowest BCUT2D eigenvalue weighted by Gasteiger charge is -2.01. The molecule has 116 valence electrons. The Labute approximate surface area is 143 Å². The van der Waals surface area contributed by atoms with Gasteiger partial charge in [-0.2, -0.15) is 0 Å². The van der Waals surface area contributed by atoms with Gasteiger partial charge in [0.05, 0.1) is 5.75 Å². The van der Waals surface area contributed by atoms with Crippen molar-refractivity contribution in [2.45, 2.75) is 11.3 Å². The summed E-state index contributed by atoms with van der Waals surface area (Å²) < 4.78 is 0.781. The third kappa shape index (κ3) is 4.40. The molecule has 0 atom stereocenters. The highest BCUT2D eigenvalue weighted by atomic mass is 32.2. The van der Waals surface area contributed by atoms with Gasteiger partial charge in [0.25, 0.3) is 0 Å². The summed E-state index contributed by atoms with van der Waals surface area (Å²) in [6.07, 6.45) is 0. The zero-order valence-corrected chi connectivity index (χ0v) is 14.2. The van der Waals surface area contributed by atoms with E-state index in [9.17, 15) is 4.79 Å². The van der Waals surface area contributed by atoms with Crippen LogP contribution in [0.15, 0.2) is 58.9 Å². The molecule has 6 heteroatoms. The zero-order valence-electron chi connectivity index (χ0n) is 12.5. The molecule has 0 fully saturated rings. The Hall–Kier alpha value is -2.18. The number of anilines is 2. The molecule has 0 saturated carbocycles. The van der Waals surface area contributed by atoms with Gasteiger partial charge in [0.1, 0.15) is 0 Å². The van der Waals surface area contributed by atoms with E-state index in [4.69, 9.17) is 0 Å². The number of carbonyl (C=O) groups excluding carboxylic acids is 1. The van der Waals surface area contributed by atoms with Crippen LogP contribution < -0.4 is 5.32 Å². The molecule has 2 aromatic carbocycles. The van der Waals surface area contributed by atoms with Crippen molar-refractivity contribution in [2.75, 3.05) is 11.1 Å². The van der Waals surface area contributed by atoms with Gasteiger partial charge < -0.3 is 5.32 Å². The van der Waals surface area contributed by atoms with Crippen LogP contribution in [-0.4, -0.2) is 21.7 Å². The SMILES string of the molecule is Cc1ccc(Nc2nnc(SCC(=O)c3ccccc3)s2)cc1. The number of rotatable bonds is 6. The summed E-state index contributed by atoms with van der Waals surface area (Å²) in [6, 6.07) is 17.4. The number of thioether (sulfide) groups is 1. The predicted octanol–water partition coefficient (Wildman–Crippen LogP) is 4.57. The number of hydrogen-bond donors (Lipinski definition) is 1. The fraction of sp³-hybridized carbons (Fsp3) is 0.118. The second kappa shape index (κ2) is 7.39. The summed E-state index contributed by atoms with van der Waals surface area (Å²) >= 11 is 2.86. The molecule has 0 aliphatic heterocycles. The molecule has 0 unspecified atom stereocenters. The molecule has 4 nitrogen and oxygen atoms in total. The van der Waals surface area contributed by atoms with Gasteiger partial charge in [0, 0.05) is 11.3 Å². The molecular weight excluding hydrogens is 326 g/mol. The van der Waals surface area contributed by atoms with Gasteiger partial charge in [-0.25, -0.2) is 0 Å².